The molecule has 0 unspecified atom stereocenters. The number of ether oxygens (including phenoxy) is 1. The van der Waals surface area contributed by atoms with Crippen molar-refractivity contribution in [3.63, 3.8) is 0 Å². The summed E-state index contributed by atoms with van der Waals surface area (Å²) in [5, 5.41) is 2.73. The number of benzene rings is 2. The summed E-state index contributed by atoms with van der Waals surface area (Å²) in [6.07, 6.45) is 3.00. The zero-order chi connectivity index (χ0) is 23.7. The number of halogens is 2. The van der Waals surface area contributed by atoms with Gasteiger partial charge in [-0.15, -0.1) is 0 Å². The summed E-state index contributed by atoms with van der Waals surface area (Å²) in [5.41, 5.74) is 2.78. The Morgan fingerprint density at radius 3 is 2.47 bits per heavy atom. The summed E-state index contributed by atoms with van der Waals surface area (Å²) in [6.45, 7) is 1.07. The molecule has 3 heterocycles. The molecule has 2 aromatic carbocycles. The number of fused-ring (bicyclic) bond motifs is 1. The van der Waals surface area contributed by atoms with Crippen LogP contribution < -0.4 is 10.1 Å². The third kappa shape index (κ3) is 4.48. The molecule has 6 nitrogen and oxygen atoms in total. The molecule has 0 spiro atoms. The molecule has 0 aliphatic carbocycles. The maximum atomic E-state index is 13.5. The lowest BCUT2D eigenvalue weighted by molar-refractivity contribution is -0.118. The molecule has 1 aromatic heterocycles. The second kappa shape index (κ2) is 9.21. The molecule has 8 heteroatoms. The van der Waals surface area contributed by atoms with Gasteiger partial charge in [-0.3, -0.25) is 9.59 Å². The minimum atomic E-state index is -0.548. The number of nitrogens with zero attached hydrogens (tertiary/aromatic N) is 2. The summed E-state index contributed by atoms with van der Waals surface area (Å²) < 4.78 is 32.3. The molecular weight excluding hydrogens is 440 g/mol. The number of hydrogen-bond acceptors (Lipinski definition) is 4. The zero-order valence-electron chi connectivity index (χ0n) is 18.3. The van der Waals surface area contributed by atoms with Crippen LogP contribution in [0, 0.1) is 17.7 Å². The second-order valence-corrected chi connectivity index (χ2v) is 8.62. The average molecular weight is 463 g/mol. The smallest absolute Gasteiger partial charge is 0.262 e. The van der Waals surface area contributed by atoms with Gasteiger partial charge in [-0.05, 0) is 66.3 Å². The maximum Gasteiger partial charge on any atom is 0.262 e. The van der Waals surface area contributed by atoms with Gasteiger partial charge in [-0.1, -0.05) is 18.2 Å². The van der Waals surface area contributed by atoms with E-state index in [0.29, 0.717) is 30.1 Å². The van der Waals surface area contributed by atoms with Crippen molar-refractivity contribution in [1.82, 2.24) is 9.88 Å². The molecule has 0 bridgehead atoms. The normalized spacial score (nSPS) is 16.9. The van der Waals surface area contributed by atoms with Gasteiger partial charge < -0.3 is 15.0 Å². The molecule has 1 atom stereocenters. The van der Waals surface area contributed by atoms with Gasteiger partial charge in [0.2, 0.25) is 5.95 Å². The second-order valence-electron chi connectivity index (χ2n) is 8.62. The van der Waals surface area contributed by atoms with Crippen molar-refractivity contribution in [2.75, 3.05) is 25.0 Å². The Balaban J connectivity index is 1.33. The van der Waals surface area contributed by atoms with E-state index in [0.717, 1.165) is 24.0 Å². The van der Waals surface area contributed by atoms with Gasteiger partial charge in [-0.25, -0.2) is 9.37 Å². The fraction of sp³-hybridized carbons (Fsp3) is 0.269. The van der Waals surface area contributed by atoms with Crippen LogP contribution in [0.25, 0.3) is 0 Å². The molecule has 0 radical (unpaired) electrons. The zero-order valence-corrected chi connectivity index (χ0v) is 18.3. The van der Waals surface area contributed by atoms with E-state index in [1.54, 1.807) is 41.3 Å². The number of hydrogen-bond donors (Lipinski definition) is 1. The Bertz CT molecular complexity index is 1160. The van der Waals surface area contributed by atoms with Gasteiger partial charge in [0.25, 0.3) is 11.8 Å². The van der Waals surface area contributed by atoms with Crippen LogP contribution >= 0.6 is 0 Å². The Kier molecular flexibility index (Phi) is 5.96. The van der Waals surface area contributed by atoms with Crippen molar-refractivity contribution >= 4 is 17.5 Å². The van der Waals surface area contributed by atoms with Crippen LogP contribution in [0.4, 0.5) is 14.5 Å². The number of rotatable bonds is 4. The quantitative estimate of drug-likeness (QED) is 0.583. The van der Waals surface area contributed by atoms with Crippen molar-refractivity contribution in [3.8, 4) is 5.75 Å². The minimum Gasteiger partial charge on any atom is -0.482 e. The fourth-order valence-electron chi connectivity index (χ4n) is 4.81. The SMILES string of the molecule is O=C1COc2ccc(C(=O)N3CCC([C@H](c4ccc(F)cc4)c4ccc(F)nc4)CC3)cc2N1. The molecule has 1 N–H and O–H groups in total. The van der Waals surface area contributed by atoms with Gasteiger partial charge >= 0.3 is 0 Å². The fourth-order valence-corrected chi connectivity index (χ4v) is 4.81. The van der Waals surface area contributed by atoms with E-state index >= 15 is 0 Å². The number of aromatic nitrogens is 1. The number of nitrogens with one attached hydrogen (secondary N) is 1. The number of carbonyl (C=O) groups is 2. The summed E-state index contributed by atoms with van der Waals surface area (Å²) in [4.78, 5) is 30.4. The van der Waals surface area contributed by atoms with Crippen LogP contribution in [0.3, 0.4) is 0 Å². The number of amides is 2. The molecular formula is C26H23F2N3O3. The highest BCUT2D eigenvalue weighted by Crippen LogP contribution is 2.38. The molecule has 1 saturated heterocycles. The van der Waals surface area contributed by atoms with E-state index in [1.165, 1.54) is 24.4 Å². The summed E-state index contributed by atoms with van der Waals surface area (Å²) in [5.74, 6) is -0.576. The number of likely N-dealkylation sites (tertiary alicyclic amines) is 1. The van der Waals surface area contributed by atoms with Crippen LogP contribution in [0.5, 0.6) is 5.75 Å². The Labute approximate surface area is 195 Å². The topological polar surface area (TPSA) is 71.5 Å². The Morgan fingerprint density at radius 2 is 1.76 bits per heavy atom. The molecule has 0 saturated carbocycles. The first-order chi connectivity index (χ1) is 16.5. The van der Waals surface area contributed by atoms with E-state index in [9.17, 15) is 18.4 Å². The van der Waals surface area contributed by atoms with Crippen LogP contribution in [-0.4, -0.2) is 41.4 Å². The highest BCUT2D eigenvalue weighted by atomic mass is 19.1. The minimum absolute atomic E-state index is 0.0351. The Morgan fingerprint density at radius 1 is 1.03 bits per heavy atom. The number of carbonyl (C=O) groups excluding carboxylic acids is 2. The molecule has 2 aliphatic rings. The number of piperidine rings is 1. The van der Waals surface area contributed by atoms with E-state index in [2.05, 4.69) is 10.3 Å². The standard InChI is InChI=1S/C26H23F2N3O3/c27-20-5-1-16(2-6-20)25(19-4-8-23(28)29-14-19)17-9-11-31(12-10-17)26(33)18-3-7-22-21(13-18)30-24(32)15-34-22/h1-8,13-14,17,25H,9-12,15H2,(H,30,32)/t25-/m0/s1. The van der Waals surface area contributed by atoms with Crippen LogP contribution in [-0.2, 0) is 4.79 Å². The first kappa shape index (κ1) is 22.0. The third-order valence-electron chi connectivity index (χ3n) is 6.50. The maximum absolute atomic E-state index is 13.5. The summed E-state index contributed by atoms with van der Waals surface area (Å²) in [6, 6.07) is 14.5. The highest BCUT2D eigenvalue weighted by molar-refractivity contribution is 5.99. The Hall–Kier alpha value is -3.81. The molecule has 1 fully saturated rings. The van der Waals surface area contributed by atoms with E-state index < -0.39 is 5.95 Å². The van der Waals surface area contributed by atoms with Crippen molar-refractivity contribution in [2.45, 2.75) is 18.8 Å². The average Bonchev–Trinajstić information content (AvgIpc) is 2.86. The monoisotopic (exact) mass is 463 g/mol. The van der Waals surface area contributed by atoms with Gasteiger partial charge in [0.05, 0.1) is 5.69 Å². The number of anilines is 1. The molecule has 2 amide bonds. The summed E-state index contributed by atoms with van der Waals surface area (Å²) >= 11 is 0. The van der Waals surface area contributed by atoms with Gasteiger partial charge in [0, 0.05) is 30.8 Å². The van der Waals surface area contributed by atoms with Crippen molar-refractivity contribution in [3.05, 3.63) is 89.2 Å². The van der Waals surface area contributed by atoms with Crippen molar-refractivity contribution in [2.24, 2.45) is 5.92 Å². The molecule has 3 aromatic rings. The first-order valence-corrected chi connectivity index (χ1v) is 11.2. The lowest BCUT2D eigenvalue weighted by Gasteiger charge is -2.36. The van der Waals surface area contributed by atoms with Gasteiger partial charge in [0.15, 0.2) is 6.61 Å². The molecule has 174 valence electrons. The van der Waals surface area contributed by atoms with Crippen LogP contribution in [0.1, 0.15) is 40.2 Å². The molecule has 34 heavy (non-hydrogen) atoms. The molecule has 5 rings (SSSR count). The van der Waals surface area contributed by atoms with Crippen LogP contribution in [0.2, 0.25) is 0 Å². The van der Waals surface area contributed by atoms with Gasteiger partial charge in [-0.2, -0.15) is 4.39 Å². The summed E-state index contributed by atoms with van der Waals surface area (Å²) in [7, 11) is 0. The lowest BCUT2D eigenvalue weighted by atomic mass is 9.76. The number of pyridine rings is 1. The molecule has 2 aliphatic heterocycles. The van der Waals surface area contributed by atoms with Gasteiger partial charge in [0.1, 0.15) is 11.6 Å². The highest BCUT2D eigenvalue weighted by Gasteiger charge is 2.31. The predicted octanol–water partition coefficient (Wildman–Crippen LogP) is 4.38. The van der Waals surface area contributed by atoms with Crippen molar-refractivity contribution in [1.29, 1.82) is 0 Å². The van der Waals surface area contributed by atoms with Crippen LogP contribution in [0.15, 0.2) is 60.8 Å². The first-order valence-electron chi connectivity index (χ1n) is 11.2. The predicted molar refractivity (Wildman–Crippen MR) is 122 cm³/mol. The van der Waals surface area contributed by atoms with E-state index in [4.69, 9.17) is 4.74 Å². The van der Waals surface area contributed by atoms with Crippen molar-refractivity contribution < 1.29 is 23.1 Å². The third-order valence-corrected chi connectivity index (χ3v) is 6.50. The van der Waals surface area contributed by atoms with E-state index in [-0.39, 0.29) is 36.1 Å². The lowest BCUT2D eigenvalue weighted by Crippen LogP contribution is -2.40. The van der Waals surface area contributed by atoms with E-state index in [1.807, 2.05) is 0 Å². The largest absolute Gasteiger partial charge is 0.482 e.